The van der Waals surface area contributed by atoms with E-state index in [0.29, 0.717) is 29.8 Å². The highest BCUT2D eigenvalue weighted by molar-refractivity contribution is 7.80. The Hall–Kier alpha value is -3.15. The minimum Gasteiger partial charge on any atom is -0.497 e. The molecule has 2 fully saturated rings. The first-order valence-corrected chi connectivity index (χ1v) is 10.5. The number of aromatic nitrogens is 4. The maximum atomic E-state index is 13.1. The highest BCUT2D eigenvalue weighted by Crippen LogP contribution is 2.36. The molecule has 0 saturated carbocycles. The van der Waals surface area contributed by atoms with Crippen molar-refractivity contribution in [2.45, 2.75) is 24.3 Å². The van der Waals surface area contributed by atoms with E-state index in [2.05, 4.69) is 26.2 Å². The number of halogens is 1. The highest BCUT2D eigenvalue weighted by atomic mass is 32.1. The summed E-state index contributed by atoms with van der Waals surface area (Å²) in [5, 5.41) is 19.0. The van der Waals surface area contributed by atoms with Crippen LogP contribution >= 0.6 is 12.2 Å². The lowest BCUT2D eigenvalue weighted by Crippen LogP contribution is -2.45. The van der Waals surface area contributed by atoms with E-state index in [1.165, 1.54) is 12.1 Å². The Balaban J connectivity index is 1.27. The SMILES string of the molecule is COc1cccc(-c2nnnn2[C@H]2CO[C@H]3[C@@H]2OC[C@@H]3NC(=S)Nc2ccc(F)cc2)c1. The summed E-state index contributed by atoms with van der Waals surface area (Å²) in [6.07, 6.45) is -0.440. The topological polar surface area (TPSA) is 95.4 Å². The van der Waals surface area contributed by atoms with Gasteiger partial charge in [0.25, 0.3) is 0 Å². The fourth-order valence-electron chi connectivity index (χ4n) is 4.05. The van der Waals surface area contributed by atoms with Crippen molar-refractivity contribution in [1.29, 1.82) is 0 Å². The van der Waals surface area contributed by atoms with Gasteiger partial charge in [-0.2, -0.15) is 0 Å². The van der Waals surface area contributed by atoms with Crippen LogP contribution < -0.4 is 15.4 Å². The van der Waals surface area contributed by atoms with Gasteiger partial charge in [-0.15, -0.1) is 5.10 Å². The van der Waals surface area contributed by atoms with Crippen molar-refractivity contribution in [3.05, 3.63) is 54.3 Å². The average molecular weight is 457 g/mol. The fourth-order valence-corrected chi connectivity index (χ4v) is 4.32. The van der Waals surface area contributed by atoms with Gasteiger partial charge >= 0.3 is 0 Å². The van der Waals surface area contributed by atoms with Gasteiger partial charge in [-0.25, -0.2) is 9.07 Å². The van der Waals surface area contributed by atoms with Crippen LogP contribution in [-0.4, -0.2) is 63.9 Å². The number of thiocarbonyl (C=S) groups is 1. The van der Waals surface area contributed by atoms with Crippen LogP contribution in [0.2, 0.25) is 0 Å². The second-order valence-electron chi connectivity index (χ2n) is 7.55. The molecule has 32 heavy (non-hydrogen) atoms. The second kappa shape index (κ2) is 8.77. The van der Waals surface area contributed by atoms with Gasteiger partial charge in [0.2, 0.25) is 0 Å². The van der Waals surface area contributed by atoms with Gasteiger partial charge in [-0.05, 0) is 59.0 Å². The Bertz CT molecular complexity index is 1110. The number of tetrazole rings is 1. The maximum Gasteiger partial charge on any atom is 0.182 e. The first-order chi connectivity index (χ1) is 15.6. The third-order valence-electron chi connectivity index (χ3n) is 5.58. The van der Waals surface area contributed by atoms with Gasteiger partial charge in [0, 0.05) is 11.3 Å². The lowest BCUT2D eigenvalue weighted by molar-refractivity contribution is 0.0626. The molecule has 2 aliphatic rings. The molecule has 4 atom stereocenters. The molecule has 2 aromatic carbocycles. The van der Waals surface area contributed by atoms with Crippen LogP contribution in [-0.2, 0) is 9.47 Å². The third kappa shape index (κ3) is 4.01. The van der Waals surface area contributed by atoms with Crippen LogP contribution in [0.3, 0.4) is 0 Å². The molecule has 2 saturated heterocycles. The molecule has 0 unspecified atom stereocenters. The molecule has 0 amide bonds. The van der Waals surface area contributed by atoms with E-state index < -0.39 is 0 Å². The van der Waals surface area contributed by atoms with Crippen LogP contribution in [0.15, 0.2) is 48.5 Å². The molecule has 3 aromatic rings. The second-order valence-corrected chi connectivity index (χ2v) is 7.96. The van der Waals surface area contributed by atoms with Gasteiger partial charge in [-0.3, -0.25) is 0 Å². The van der Waals surface area contributed by atoms with Crippen molar-refractivity contribution >= 4 is 23.0 Å². The number of nitrogens with one attached hydrogen (secondary N) is 2. The fraction of sp³-hybridized carbons (Fsp3) is 0.333. The molecule has 5 rings (SSSR count). The number of nitrogens with zero attached hydrogens (tertiary/aromatic N) is 4. The molecule has 1 aromatic heterocycles. The summed E-state index contributed by atoms with van der Waals surface area (Å²) in [5.41, 5.74) is 1.54. The number of fused-ring (bicyclic) bond motifs is 1. The summed E-state index contributed by atoms with van der Waals surface area (Å²) in [6.45, 7) is 0.835. The first kappa shape index (κ1) is 20.7. The van der Waals surface area contributed by atoms with Crippen molar-refractivity contribution in [1.82, 2.24) is 25.5 Å². The minimum atomic E-state index is -0.303. The monoisotopic (exact) mass is 456 g/mol. The zero-order valence-corrected chi connectivity index (χ0v) is 18.0. The normalized spacial score (nSPS) is 24.2. The smallest absolute Gasteiger partial charge is 0.182 e. The molecule has 0 spiro atoms. The first-order valence-electron chi connectivity index (χ1n) is 10.1. The third-order valence-corrected chi connectivity index (χ3v) is 5.80. The summed E-state index contributed by atoms with van der Waals surface area (Å²) in [4.78, 5) is 0. The van der Waals surface area contributed by atoms with Crippen LogP contribution in [0.25, 0.3) is 11.4 Å². The number of hydrogen-bond acceptors (Lipinski definition) is 7. The number of anilines is 1. The van der Waals surface area contributed by atoms with Crippen molar-refractivity contribution < 1.29 is 18.6 Å². The number of methoxy groups -OCH3 is 1. The van der Waals surface area contributed by atoms with Crippen LogP contribution in [0.4, 0.5) is 10.1 Å². The average Bonchev–Trinajstić information content (AvgIpc) is 3.53. The highest BCUT2D eigenvalue weighted by Gasteiger charge is 2.49. The number of rotatable bonds is 5. The van der Waals surface area contributed by atoms with Crippen LogP contribution in [0.1, 0.15) is 6.04 Å². The lowest BCUT2D eigenvalue weighted by atomic mass is 10.1. The lowest BCUT2D eigenvalue weighted by Gasteiger charge is -2.20. The number of ether oxygens (including phenoxy) is 3. The quantitative estimate of drug-likeness (QED) is 0.560. The van der Waals surface area contributed by atoms with E-state index >= 15 is 0 Å². The molecule has 3 heterocycles. The van der Waals surface area contributed by atoms with E-state index in [0.717, 1.165) is 11.3 Å². The van der Waals surface area contributed by atoms with Crippen LogP contribution in [0.5, 0.6) is 5.75 Å². The standard InChI is InChI=1S/C21H21FN6O3S/c1-29-15-4-2-3-12(9-15)20-25-26-27-28(20)17-11-31-18-16(10-30-19(17)18)24-21(32)23-14-7-5-13(22)6-8-14/h2-9,16-19H,10-11H2,1H3,(H2,23,24,32)/t16-,17-,18+,19+/m0/s1. The number of benzene rings is 2. The van der Waals surface area contributed by atoms with E-state index in [1.54, 1.807) is 23.9 Å². The van der Waals surface area contributed by atoms with Gasteiger partial charge in [-0.1, -0.05) is 12.1 Å². The summed E-state index contributed by atoms with van der Waals surface area (Å²) >= 11 is 5.41. The molecule has 9 nitrogen and oxygen atoms in total. The number of hydrogen-bond donors (Lipinski definition) is 2. The maximum absolute atomic E-state index is 13.1. The Labute approximate surface area is 188 Å². The van der Waals surface area contributed by atoms with Crippen molar-refractivity contribution in [2.24, 2.45) is 0 Å². The molecular formula is C21H21FN6O3S. The van der Waals surface area contributed by atoms with Gasteiger partial charge in [0.15, 0.2) is 10.9 Å². The minimum absolute atomic E-state index is 0.137. The molecule has 2 aliphatic heterocycles. The van der Waals surface area contributed by atoms with Crippen molar-refractivity contribution in [3.63, 3.8) is 0 Å². The summed E-state index contributed by atoms with van der Waals surface area (Å²) in [5.74, 6) is 1.04. The van der Waals surface area contributed by atoms with Crippen molar-refractivity contribution in [2.75, 3.05) is 25.6 Å². The molecule has 0 aliphatic carbocycles. The largest absolute Gasteiger partial charge is 0.497 e. The molecule has 11 heteroatoms. The Kier molecular flexibility index (Phi) is 5.68. The predicted molar refractivity (Wildman–Crippen MR) is 118 cm³/mol. The van der Waals surface area contributed by atoms with Gasteiger partial charge in [0.05, 0.1) is 26.4 Å². The van der Waals surface area contributed by atoms with Crippen molar-refractivity contribution in [3.8, 4) is 17.1 Å². The summed E-state index contributed by atoms with van der Waals surface area (Å²) < 4.78 is 32.3. The van der Waals surface area contributed by atoms with Gasteiger partial charge < -0.3 is 24.8 Å². The predicted octanol–water partition coefficient (Wildman–Crippen LogP) is 2.18. The van der Waals surface area contributed by atoms with Crippen LogP contribution in [0, 0.1) is 5.82 Å². The molecule has 0 radical (unpaired) electrons. The zero-order chi connectivity index (χ0) is 22.1. The summed E-state index contributed by atoms with van der Waals surface area (Å²) in [6, 6.07) is 13.2. The Morgan fingerprint density at radius 3 is 2.78 bits per heavy atom. The van der Waals surface area contributed by atoms with E-state index in [9.17, 15) is 4.39 Å². The van der Waals surface area contributed by atoms with E-state index in [4.69, 9.17) is 26.4 Å². The summed E-state index contributed by atoms with van der Waals surface area (Å²) in [7, 11) is 1.62. The Morgan fingerprint density at radius 2 is 1.97 bits per heavy atom. The van der Waals surface area contributed by atoms with E-state index in [-0.39, 0.29) is 30.1 Å². The van der Waals surface area contributed by atoms with Gasteiger partial charge in [0.1, 0.15) is 29.8 Å². The Morgan fingerprint density at radius 1 is 1.16 bits per heavy atom. The molecule has 2 N–H and O–H groups in total. The zero-order valence-electron chi connectivity index (χ0n) is 17.1. The molecule has 166 valence electrons. The van der Waals surface area contributed by atoms with E-state index in [1.807, 2.05) is 24.3 Å². The molecule has 0 bridgehead atoms. The molecular weight excluding hydrogens is 435 g/mol.